The van der Waals surface area contributed by atoms with Crippen molar-refractivity contribution in [2.24, 2.45) is 0 Å². The predicted octanol–water partition coefficient (Wildman–Crippen LogP) is 12.2. The number of furan rings is 1. The van der Waals surface area contributed by atoms with Crippen LogP contribution in [-0.2, 0) is 0 Å². The maximum absolute atomic E-state index is 9.48. The summed E-state index contributed by atoms with van der Waals surface area (Å²) in [5.74, 6) is 1.14. The topological polar surface area (TPSA) is 56.7 Å². The molecule has 0 saturated heterocycles. The number of nitrogens with zero attached hydrogens (tertiary/aromatic N) is 4. The molecule has 4 heterocycles. The van der Waals surface area contributed by atoms with E-state index in [2.05, 4.69) is 0 Å². The predicted molar refractivity (Wildman–Crippen MR) is 211 cm³/mol. The van der Waals surface area contributed by atoms with Gasteiger partial charge in [-0.05, 0) is 54.5 Å². The zero-order valence-corrected chi connectivity index (χ0v) is 27.2. The van der Waals surface area contributed by atoms with Gasteiger partial charge < -0.3 is 8.98 Å². The van der Waals surface area contributed by atoms with E-state index in [-0.39, 0.29) is 73.5 Å². The average molecular weight is 681 g/mol. The van der Waals surface area contributed by atoms with Crippen molar-refractivity contribution in [3.63, 3.8) is 0 Å². The van der Waals surface area contributed by atoms with Gasteiger partial charge in [0, 0.05) is 64.1 Å². The Bertz CT molecular complexity index is 3730. The molecular formula is C45H26N4OS. The van der Waals surface area contributed by atoms with Crippen LogP contribution in [0.2, 0.25) is 0 Å². The van der Waals surface area contributed by atoms with Crippen LogP contribution < -0.4 is 0 Å². The smallest absolute Gasteiger partial charge is 0.164 e. The molecule has 0 N–H and O–H groups in total. The summed E-state index contributed by atoms with van der Waals surface area (Å²) >= 11 is 1.01. The van der Waals surface area contributed by atoms with E-state index in [0.29, 0.717) is 33.4 Å². The fraction of sp³-hybridized carbons (Fsp3) is 0. The molecule has 0 amide bonds. The van der Waals surface area contributed by atoms with Crippen molar-refractivity contribution >= 4 is 75.3 Å². The van der Waals surface area contributed by atoms with Crippen molar-refractivity contribution in [1.29, 1.82) is 0 Å². The lowest BCUT2D eigenvalue weighted by atomic mass is 10.1. The van der Waals surface area contributed by atoms with Gasteiger partial charge in [-0.15, -0.1) is 11.3 Å². The lowest BCUT2D eigenvalue weighted by molar-refractivity contribution is 0.669. The number of hydrogen-bond donors (Lipinski definition) is 0. The van der Waals surface area contributed by atoms with E-state index in [9.17, 15) is 4.11 Å². The van der Waals surface area contributed by atoms with Crippen LogP contribution in [0.5, 0.6) is 0 Å². The third kappa shape index (κ3) is 4.37. The second-order valence-corrected chi connectivity index (χ2v) is 13.1. The third-order valence-electron chi connectivity index (χ3n) is 9.13. The van der Waals surface area contributed by atoms with Crippen LogP contribution in [0.3, 0.4) is 0 Å². The maximum Gasteiger partial charge on any atom is 0.164 e. The lowest BCUT2D eigenvalue weighted by Gasteiger charge is -2.11. The summed E-state index contributed by atoms with van der Waals surface area (Å²) in [6, 6.07) is 26.3. The average Bonchev–Trinajstić information content (AvgIpc) is 3.99. The van der Waals surface area contributed by atoms with Crippen LogP contribution in [-0.4, -0.2) is 19.5 Å². The molecule has 0 fully saturated rings. The second-order valence-electron chi connectivity index (χ2n) is 12.1. The second kappa shape index (κ2) is 10.9. The number of aromatic nitrogens is 4. The van der Waals surface area contributed by atoms with Crippen LogP contribution in [0.15, 0.2) is 162 Å². The van der Waals surface area contributed by atoms with E-state index in [1.54, 1.807) is 22.8 Å². The molecule has 5 nitrogen and oxygen atoms in total. The molecule has 0 spiro atoms. The molecule has 7 aromatic carbocycles. The van der Waals surface area contributed by atoms with Gasteiger partial charge in [-0.25, -0.2) is 15.0 Å². The summed E-state index contributed by atoms with van der Waals surface area (Å²) in [4.78, 5) is 14.8. The lowest BCUT2D eigenvalue weighted by Crippen LogP contribution is -2.01. The molecule has 4 aromatic heterocycles. The quantitative estimate of drug-likeness (QED) is 0.186. The molecule has 11 aromatic rings. The summed E-state index contributed by atoms with van der Waals surface area (Å²) in [7, 11) is 0. The molecule has 238 valence electrons. The van der Waals surface area contributed by atoms with Gasteiger partial charge >= 0.3 is 0 Å². The van der Waals surface area contributed by atoms with Crippen molar-refractivity contribution < 1.29 is 18.1 Å². The minimum Gasteiger partial charge on any atom is -0.456 e. The van der Waals surface area contributed by atoms with Crippen molar-refractivity contribution in [2.45, 2.75) is 0 Å². The highest BCUT2D eigenvalue weighted by molar-refractivity contribution is 7.26. The highest BCUT2D eigenvalue weighted by Crippen LogP contribution is 2.43. The van der Waals surface area contributed by atoms with E-state index in [0.717, 1.165) is 44.4 Å². The number of benzene rings is 7. The molecular weight excluding hydrogens is 645 g/mol. The van der Waals surface area contributed by atoms with Crippen LogP contribution in [0.4, 0.5) is 0 Å². The first-order valence-electron chi connectivity index (χ1n) is 21.1. The molecule has 6 heteroatoms. The Morgan fingerprint density at radius 1 is 0.510 bits per heavy atom. The van der Waals surface area contributed by atoms with E-state index < -0.39 is 24.2 Å². The summed E-state index contributed by atoms with van der Waals surface area (Å²) in [6.45, 7) is 0. The van der Waals surface area contributed by atoms with Gasteiger partial charge in [-0.3, -0.25) is 0 Å². The zero-order valence-electron chi connectivity index (χ0n) is 36.3. The molecule has 0 bridgehead atoms. The number of hydrogen-bond acceptors (Lipinski definition) is 5. The van der Waals surface area contributed by atoms with Gasteiger partial charge in [0.15, 0.2) is 17.5 Å². The molecule has 0 radical (unpaired) electrons. The van der Waals surface area contributed by atoms with Crippen LogP contribution >= 0.6 is 11.3 Å². The normalized spacial score (nSPS) is 14.7. The highest BCUT2D eigenvalue weighted by atomic mass is 32.1. The summed E-state index contributed by atoms with van der Waals surface area (Å²) in [6.07, 6.45) is 0. The fourth-order valence-electron chi connectivity index (χ4n) is 6.83. The summed E-state index contributed by atoms with van der Waals surface area (Å²) < 4.78 is 96.9. The molecule has 0 saturated carbocycles. The molecule has 0 aliphatic carbocycles. The van der Waals surface area contributed by atoms with Gasteiger partial charge in [0.05, 0.1) is 24.7 Å². The van der Waals surface area contributed by atoms with Crippen molar-refractivity contribution in [3.05, 3.63) is 157 Å². The Morgan fingerprint density at radius 3 is 2.10 bits per heavy atom. The van der Waals surface area contributed by atoms with E-state index in [1.807, 2.05) is 78.9 Å². The Labute approximate surface area is 309 Å². The van der Waals surface area contributed by atoms with Crippen molar-refractivity contribution in [3.8, 4) is 39.9 Å². The number of para-hydroxylation sites is 2. The van der Waals surface area contributed by atoms with E-state index >= 15 is 0 Å². The van der Waals surface area contributed by atoms with Crippen molar-refractivity contribution in [1.82, 2.24) is 19.5 Å². The van der Waals surface area contributed by atoms with Gasteiger partial charge in [-0.2, -0.15) is 0 Å². The van der Waals surface area contributed by atoms with Crippen LogP contribution in [0.1, 0.15) is 13.7 Å². The van der Waals surface area contributed by atoms with Crippen molar-refractivity contribution in [2.75, 3.05) is 0 Å². The third-order valence-corrected chi connectivity index (χ3v) is 10.3. The van der Waals surface area contributed by atoms with Gasteiger partial charge in [0.2, 0.25) is 0 Å². The first-order valence-corrected chi connectivity index (χ1v) is 16.9. The Kier molecular flexibility index (Phi) is 4.32. The molecule has 11 rings (SSSR count). The zero-order chi connectivity index (χ0) is 42.2. The Hall–Kier alpha value is -6.63. The molecule has 0 aliphatic rings. The first-order chi connectivity index (χ1) is 29.4. The van der Waals surface area contributed by atoms with Gasteiger partial charge in [0.25, 0.3) is 0 Å². The largest absolute Gasteiger partial charge is 0.456 e. The molecule has 51 heavy (non-hydrogen) atoms. The minimum atomic E-state index is -0.488. The molecule has 0 unspecified atom stereocenters. The Balaban J connectivity index is 1.20. The van der Waals surface area contributed by atoms with Crippen LogP contribution in [0.25, 0.3) is 104 Å². The molecule has 0 aliphatic heterocycles. The number of rotatable bonds is 4. The highest BCUT2D eigenvalue weighted by Gasteiger charge is 2.19. The van der Waals surface area contributed by atoms with E-state index in [4.69, 9.17) is 29.0 Å². The SMILES string of the molecule is [2H]c1c([2H])c([2H])c2c(sc3c2c([2H])c([2H])c2c3c3c([2H])c([2H])c([2H])c([2H])c3n2-c2cccc(-c3nc(-c4ccccc4)nc(-c4ccc5oc6ccccc6c5c4)n3)c2)c1[2H]. The fourth-order valence-corrected chi connectivity index (χ4v) is 7.95. The van der Waals surface area contributed by atoms with Gasteiger partial charge in [-0.1, -0.05) is 103 Å². The number of fused-ring (bicyclic) bond motifs is 10. The minimum absolute atomic E-state index is 0.0671. The van der Waals surface area contributed by atoms with Crippen LogP contribution in [0, 0.1) is 0 Å². The molecule has 0 atom stereocenters. The van der Waals surface area contributed by atoms with Gasteiger partial charge in [0.1, 0.15) is 11.2 Å². The standard InChI is InChI=1S/C45H26N4OS/c1-2-11-27(12-3-1)43-46-44(48-45(47-43)29-21-24-39-35(26-29)31-15-5-8-19-38(31)50-39)28-13-10-14-30(25-28)49-36-18-7-4-17-34(36)41-37(49)23-22-33-32-16-6-9-20-40(32)51-42(33)41/h1-26H/i4D,6D,7D,9D,16D,17D,18D,20D,22D,23D. The first kappa shape index (κ1) is 20.1. The Morgan fingerprint density at radius 2 is 1.22 bits per heavy atom. The van der Waals surface area contributed by atoms with E-state index in [1.165, 1.54) is 0 Å². The summed E-state index contributed by atoms with van der Waals surface area (Å²) in [5.41, 5.74) is 4.09. The maximum atomic E-state index is 9.48. The number of thiophene rings is 1. The monoisotopic (exact) mass is 680 g/mol. The summed E-state index contributed by atoms with van der Waals surface area (Å²) in [5, 5.41) is 2.42.